The van der Waals surface area contributed by atoms with Crippen LogP contribution in [0.3, 0.4) is 0 Å². The molecule has 5 unspecified atom stereocenters. The van der Waals surface area contributed by atoms with E-state index in [0.29, 0.717) is 24.2 Å². The number of halogens is 1. The fourth-order valence-electron chi connectivity index (χ4n) is 3.62. The molecule has 0 bridgehead atoms. The molecule has 1 heterocycles. The molecule has 4 rings (SSSR count). The highest BCUT2D eigenvalue weighted by molar-refractivity contribution is 6.16. The van der Waals surface area contributed by atoms with Gasteiger partial charge >= 0.3 is 5.97 Å². The topological polar surface area (TPSA) is 175 Å². The summed E-state index contributed by atoms with van der Waals surface area (Å²) < 4.78 is 23.5. The first kappa shape index (κ1) is 24.5. The number of ether oxygens (including phenoxy) is 2. The molecule has 2 amide bonds. The smallest absolute Gasteiger partial charge is 0.335 e. The highest BCUT2D eigenvalue weighted by Gasteiger charge is 2.56. The number of benzene rings is 2. The van der Waals surface area contributed by atoms with Crippen molar-refractivity contribution < 1.29 is 48.7 Å². The van der Waals surface area contributed by atoms with Gasteiger partial charge in [-0.2, -0.15) is 0 Å². The zero-order chi connectivity index (χ0) is 25.3. The van der Waals surface area contributed by atoms with E-state index in [-0.39, 0.29) is 5.75 Å². The Morgan fingerprint density at radius 2 is 1.37 bits per heavy atom. The van der Waals surface area contributed by atoms with Gasteiger partial charge < -0.3 is 40.5 Å². The Balaban J connectivity index is 1.36. The minimum Gasteiger partial charge on any atom is -0.479 e. The molecule has 1 aliphatic heterocycles. The summed E-state index contributed by atoms with van der Waals surface area (Å²) in [6, 6.07) is 10.9. The van der Waals surface area contributed by atoms with Gasteiger partial charge in [0, 0.05) is 11.4 Å². The molecule has 1 saturated carbocycles. The van der Waals surface area contributed by atoms with E-state index in [1.807, 2.05) is 0 Å². The second-order valence-electron chi connectivity index (χ2n) is 8.37. The Morgan fingerprint density at radius 1 is 0.857 bits per heavy atom. The summed E-state index contributed by atoms with van der Waals surface area (Å²) in [5.74, 6) is -2.88. The lowest BCUT2D eigenvalue weighted by atomic mass is 9.99. The number of anilines is 2. The minimum absolute atomic E-state index is 0.120. The summed E-state index contributed by atoms with van der Waals surface area (Å²) in [6.07, 6.45) is -8.02. The molecule has 11 nitrogen and oxygen atoms in total. The summed E-state index contributed by atoms with van der Waals surface area (Å²) >= 11 is 0. The largest absolute Gasteiger partial charge is 0.479 e. The quantitative estimate of drug-likeness (QED) is 0.301. The molecule has 2 aromatic rings. The van der Waals surface area contributed by atoms with Crippen molar-refractivity contribution >= 4 is 29.2 Å². The lowest BCUT2D eigenvalue weighted by molar-refractivity contribution is -0.271. The van der Waals surface area contributed by atoms with Crippen molar-refractivity contribution in [1.82, 2.24) is 0 Å². The maximum Gasteiger partial charge on any atom is 0.335 e. The van der Waals surface area contributed by atoms with Crippen LogP contribution in [0.5, 0.6) is 5.75 Å². The van der Waals surface area contributed by atoms with Crippen molar-refractivity contribution in [3.63, 3.8) is 0 Å². The first-order valence-corrected chi connectivity index (χ1v) is 10.7. The number of carbonyl (C=O) groups excluding carboxylic acids is 2. The molecule has 2 fully saturated rings. The number of carbonyl (C=O) groups is 3. The molecule has 1 aliphatic carbocycles. The maximum absolute atomic E-state index is 13.1. The number of carboxylic acids is 1. The van der Waals surface area contributed by atoms with Gasteiger partial charge in [0.25, 0.3) is 0 Å². The van der Waals surface area contributed by atoms with E-state index in [2.05, 4.69) is 10.6 Å². The highest BCUT2D eigenvalue weighted by atomic mass is 19.1. The van der Waals surface area contributed by atoms with Crippen LogP contribution in [0.4, 0.5) is 15.8 Å². The van der Waals surface area contributed by atoms with Crippen LogP contribution < -0.4 is 15.4 Å². The maximum atomic E-state index is 13.1. The minimum atomic E-state index is -1.84. The first-order valence-electron chi connectivity index (χ1n) is 10.7. The highest BCUT2D eigenvalue weighted by Crippen LogP contribution is 2.47. The molecule has 0 radical (unpaired) electrons. The predicted molar refractivity (Wildman–Crippen MR) is 117 cm³/mol. The molecule has 5 atom stereocenters. The van der Waals surface area contributed by atoms with E-state index >= 15 is 0 Å². The molecule has 2 aliphatic rings. The fourth-order valence-corrected chi connectivity index (χ4v) is 3.62. The summed E-state index contributed by atoms with van der Waals surface area (Å²) in [4.78, 5) is 36.6. The Labute approximate surface area is 198 Å². The molecular weight excluding hydrogens is 467 g/mol. The number of hydrogen-bond acceptors (Lipinski definition) is 8. The van der Waals surface area contributed by atoms with Gasteiger partial charge in [0.15, 0.2) is 6.10 Å². The average Bonchev–Trinajstić information content (AvgIpc) is 3.64. The van der Waals surface area contributed by atoms with E-state index < -0.39 is 59.7 Å². The van der Waals surface area contributed by atoms with Crippen LogP contribution in [0.15, 0.2) is 48.5 Å². The van der Waals surface area contributed by atoms with Gasteiger partial charge in [0.2, 0.25) is 18.1 Å². The van der Waals surface area contributed by atoms with Gasteiger partial charge in [-0.1, -0.05) is 0 Å². The van der Waals surface area contributed by atoms with E-state index in [9.17, 15) is 34.1 Å². The number of aliphatic hydroxyl groups is 3. The summed E-state index contributed by atoms with van der Waals surface area (Å²) in [6.45, 7) is 0. The zero-order valence-electron chi connectivity index (χ0n) is 18.1. The van der Waals surface area contributed by atoms with Crippen LogP contribution in [0.25, 0.3) is 0 Å². The number of rotatable bonds is 7. The van der Waals surface area contributed by atoms with E-state index in [1.54, 1.807) is 0 Å². The number of aliphatic hydroxyl groups excluding tert-OH is 3. The molecule has 6 N–H and O–H groups in total. The Kier molecular flexibility index (Phi) is 6.72. The average molecular weight is 490 g/mol. The molecule has 0 spiro atoms. The van der Waals surface area contributed by atoms with Crippen LogP contribution in [0, 0.1) is 11.2 Å². The summed E-state index contributed by atoms with van der Waals surface area (Å²) in [5.41, 5.74) is -0.536. The molecule has 35 heavy (non-hydrogen) atoms. The van der Waals surface area contributed by atoms with Crippen molar-refractivity contribution in [3.8, 4) is 5.75 Å². The number of carboxylic acid groups (broad SMARTS) is 1. The van der Waals surface area contributed by atoms with Gasteiger partial charge in [-0.05, 0) is 61.4 Å². The van der Waals surface area contributed by atoms with Crippen molar-refractivity contribution in [2.24, 2.45) is 5.41 Å². The Hall–Kier alpha value is -3.58. The lowest BCUT2D eigenvalue weighted by Gasteiger charge is -2.38. The van der Waals surface area contributed by atoms with Crippen LogP contribution in [-0.4, -0.2) is 68.9 Å². The normalized spacial score (nSPS) is 26.9. The van der Waals surface area contributed by atoms with E-state index in [1.165, 1.54) is 48.5 Å². The standard InChI is InChI=1S/C23H23FN2O9/c24-11-1-3-12(4-2-11)25-21(32)23(9-10-23)22(33)26-13-5-7-14(8-6-13)34-20-17(29)15(27)16(28)18(35-20)19(30)31/h1-8,15-18,20,27-29H,9-10H2,(H,25,32)(H,26,33)(H,30,31). The number of aliphatic carboxylic acids is 1. The van der Waals surface area contributed by atoms with Crippen LogP contribution in [0.2, 0.25) is 0 Å². The molecule has 1 saturated heterocycles. The predicted octanol–water partition coefficient (Wildman–Crippen LogP) is 0.454. The molecule has 12 heteroatoms. The van der Waals surface area contributed by atoms with Crippen molar-refractivity contribution in [2.45, 2.75) is 43.5 Å². The third-order valence-corrected chi connectivity index (χ3v) is 5.90. The van der Waals surface area contributed by atoms with Crippen LogP contribution in [0.1, 0.15) is 12.8 Å². The second-order valence-corrected chi connectivity index (χ2v) is 8.37. The van der Waals surface area contributed by atoms with Crippen LogP contribution in [-0.2, 0) is 19.1 Å². The summed E-state index contributed by atoms with van der Waals surface area (Å²) in [5, 5.41) is 44.0. The van der Waals surface area contributed by atoms with Gasteiger partial charge in [-0.3, -0.25) is 9.59 Å². The number of nitrogens with one attached hydrogen (secondary N) is 2. The van der Waals surface area contributed by atoms with Crippen molar-refractivity contribution in [2.75, 3.05) is 10.6 Å². The molecular formula is C23H23FN2O9. The van der Waals surface area contributed by atoms with Crippen LogP contribution >= 0.6 is 0 Å². The van der Waals surface area contributed by atoms with Gasteiger partial charge in [0.05, 0.1) is 0 Å². The first-order chi connectivity index (χ1) is 16.6. The zero-order valence-corrected chi connectivity index (χ0v) is 18.1. The number of amides is 2. The number of hydrogen-bond donors (Lipinski definition) is 6. The summed E-state index contributed by atoms with van der Waals surface area (Å²) in [7, 11) is 0. The third kappa shape index (κ3) is 5.10. The van der Waals surface area contributed by atoms with E-state index in [4.69, 9.17) is 14.6 Å². The van der Waals surface area contributed by atoms with Gasteiger partial charge in [-0.25, -0.2) is 9.18 Å². The second kappa shape index (κ2) is 9.58. The molecule has 186 valence electrons. The van der Waals surface area contributed by atoms with E-state index in [0.717, 1.165) is 0 Å². The molecule has 0 aromatic heterocycles. The van der Waals surface area contributed by atoms with Crippen molar-refractivity contribution in [3.05, 3.63) is 54.3 Å². The molecule has 2 aromatic carbocycles. The fraction of sp³-hybridized carbons (Fsp3) is 0.348. The SMILES string of the molecule is O=C(O)C1OC(Oc2ccc(NC(=O)C3(C(=O)Nc4ccc(F)cc4)CC3)cc2)C(O)C(O)C1O. The van der Waals surface area contributed by atoms with Gasteiger partial charge in [-0.15, -0.1) is 0 Å². The van der Waals surface area contributed by atoms with Crippen molar-refractivity contribution in [1.29, 1.82) is 0 Å². The Morgan fingerprint density at radius 3 is 1.86 bits per heavy atom. The lowest BCUT2D eigenvalue weighted by Crippen LogP contribution is -2.61. The third-order valence-electron chi connectivity index (χ3n) is 5.90. The van der Waals surface area contributed by atoms with Gasteiger partial charge in [0.1, 0.15) is 35.3 Å². The monoisotopic (exact) mass is 490 g/mol. The Bertz CT molecular complexity index is 1100.